The number of ether oxygens (including phenoxy) is 1. The number of hydrogen-bond acceptors (Lipinski definition) is 7. The van der Waals surface area contributed by atoms with Crippen molar-refractivity contribution in [1.29, 1.82) is 0 Å². The van der Waals surface area contributed by atoms with Gasteiger partial charge in [0.25, 0.3) is 0 Å². The zero-order valence-electron chi connectivity index (χ0n) is 16.8. The summed E-state index contributed by atoms with van der Waals surface area (Å²) in [6, 6.07) is 0.655. The monoisotopic (exact) mass is 521 g/mol. The summed E-state index contributed by atoms with van der Waals surface area (Å²) in [5.41, 5.74) is 0. The number of aromatic nitrogens is 2. The number of hydrogen-bond donors (Lipinski definition) is 1. The molecule has 3 aliphatic heterocycles. The number of anilines is 1. The normalized spacial score (nSPS) is 26.1. The van der Waals surface area contributed by atoms with Gasteiger partial charge in [-0.1, -0.05) is 6.92 Å². The molecule has 3 fully saturated rings. The van der Waals surface area contributed by atoms with Crippen molar-refractivity contribution in [2.24, 2.45) is 4.99 Å². The zero-order chi connectivity index (χ0) is 18.6. The maximum Gasteiger partial charge on any atom is 0.205 e. The number of morpholine rings is 1. The number of aryl methyl sites for hydroxylation is 1. The minimum Gasteiger partial charge on any atom is -0.373 e. The molecule has 10 heteroatoms. The third kappa shape index (κ3) is 5.06. The topological polar surface area (TPSA) is 69.1 Å². The standard InChI is InChI=1S/C18H31N7OS.HI/c1-3-16-21-18(27-22-16)24-9-7-23(8-10-24)17(19-2)20-11-15-12-25-6-4-5-14(25)13-26-15;/h14-15H,3-13H2,1-2H3,(H,19,20);1H. The molecule has 0 radical (unpaired) electrons. The van der Waals surface area contributed by atoms with Crippen LogP contribution in [-0.4, -0.2) is 96.7 Å². The van der Waals surface area contributed by atoms with Crippen molar-refractivity contribution >= 4 is 46.6 Å². The summed E-state index contributed by atoms with van der Waals surface area (Å²) in [5.74, 6) is 1.93. The van der Waals surface area contributed by atoms with Crippen molar-refractivity contribution in [3.05, 3.63) is 5.82 Å². The predicted octanol–water partition coefficient (Wildman–Crippen LogP) is 1.28. The summed E-state index contributed by atoms with van der Waals surface area (Å²) in [7, 11) is 1.87. The van der Waals surface area contributed by atoms with Crippen molar-refractivity contribution in [3.8, 4) is 0 Å². The van der Waals surface area contributed by atoms with Crippen molar-refractivity contribution in [2.45, 2.75) is 38.3 Å². The highest BCUT2D eigenvalue weighted by molar-refractivity contribution is 14.0. The van der Waals surface area contributed by atoms with Crippen molar-refractivity contribution in [1.82, 2.24) is 24.5 Å². The van der Waals surface area contributed by atoms with Crippen LogP contribution in [-0.2, 0) is 11.2 Å². The van der Waals surface area contributed by atoms with E-state index < -0.39 is 0 Å². The van der Waals surface area contributed by atoms with E-state index in [-0.39, 0.29) is 30.1 Å². The van der Waals surface area contributed by atoms with Crippen LogP contribution in [0.3, 0.4) is 0 Å². The van der Waals surface area contributed by atoms with Gasteiger partial charge >= 0.3 is 0 Å². The summed E-state index contributed by atoms with van der Waals surface area (Å²) < 4.78 is 10.5. The molecule has 0 amide bonds. The molecule has 8 nitrogen and oxygen atoms in total. The maximum atomic E-state index is 6.06. The number of aliphatic imine (C=N–C) groups is 1. The summed E-state index contributed by atoms with van der Waals surface area (Å²) in [5, 5.41) is 4.58. The number of piperazine rings is 1. The van der Waals surface area contributed by atoms with Crippen LogP contribution in [0.4, 0.5) is 5.13 Å². The Morgan fingerprint density at radius 2 is 2.11 bits per heavy atom. The lowest BCUT2D eigenvalue weighted by molar-refractivity contribution is -0.0454. The molecule has 1 aromatic rings. The van der Waals surface area contributed by atoms with Crippen LogP contribution in [0.2, 0.25) is 0 Å². The molecule has 0 saturated carbocycles. The second kappa shape index (κ2) is 10.4. The zero-order valence-corrected chi connectivity index (χ0v) is 20.0. The highest BCUT2D eigenvalue weighted by Crippen LogP contribution is 2.22. The van der Waals surface area contributed by atoms with E-state index in [9.17, 15) is 0 Å². The van der Waals surface area contributed by atoms with Gasteiger partial charge in [0.2, 0.25) is 5.13 Å². The van der Waals surface area contributed by atoms with Gasteiger partial charge in [-0.25, -0.2) is 4.98 Å². The third-order valence-corrected chi connectivity index (χ3v) is 6.60. The second-order valence-electron chi connectivity index (χ2n) is 7.50. The van der Waals surface area contributed by atoms with Gasteiger partial charge in [0, 0.05) is 70.3 Å². The molecule has 158 valence electrons. The summed E-state index contributed by atoms with van der Waals surface area (Å²) in [6.07, 6.45) is 3.76. The van der Waals surface area contributed by atoms with E-state index in [0.717, 1.165) is 69.2 Å². The first-order valence-electron chi connectivity index (χ1n) is 10.2. The van der Waals surface area contributed by atoms with Gasteiger partial charge in [0.1, 0.15) is 5.82 Å². The first-order chi connectivity index (χ1) is 13.3. The summed E-state index contributed by atoms with van der Waals surface area (Å²) in [6.45, 7) is 9.87. The average Bonchev–Trinajstić information content (AvgIpc) is 3.38. The predicted molar refractivity (Wildman–Crippen MR) is 124 cm³/mol. The summed E-state index contributed by atoms with van der Waals surface area (Å²) in [4.78, 5) is 16.4. The Hall–Kier alpha value is -0.720. The number of nitrogens with zero attached hydrogens (tertiary/aromatic N) is 6. The first kappa shape index (κ1) is 22.0. The van der Waals surface area contributed by atoms with Crippen molar-refractivity contribution in [2.75, 3.05) is 64.4 Å². The van der Waals surface area contributed by atoms with Crippen LogP contribution in [0.15, 0.2) is 4.99 Å². The molecular weight excluding hydrogens is 489 g/mol. The van der Waals surface area contributed by atoms with Crippen LogP contribution in [0.5, 0.6) is 0 Å². The van der Waals surface area contributed by atoms with Gasteiger partial charge in [-0.2, -0.15) is 4.37 Å². The average molecular weight is 521 g/mol. The third-order valence-electron chi connectivity index (χ3n) is 5.78. The SMILES string of the molecule is CCc1nsc(N2CCN(C(=NC)NCC3CN4CCCC4CO3)CC2)n1.I. The van der Waals surface area contributed by atoms with Crippen molar-refractivity contribution in [3.63, 3.8) is 0 Å². The Balaban J connectivity index is 0.00000225. The van der Waals surface area contributed by atoms with Gasteiger partial charge in [-0.3, -0.25) is 9.89 Å². The van der Waals surface area contributed by atoms with E-state index in [4.69, 9.17) is 4.74 Å². The maximum absolute atomic E-state index is 6.06. The molecule has 0 aliphatic carbocycles. The number of guanidine groups is 1. The molecule has 2 atom stereocenters. The molecule has 1 N–H and O–H groups in total. The highest BCUT2D eigenvalue weighted by atomic mass is 127. The van der Waals surface area contributed by atoms with E-state index in [2.05, 4.69) is 41.3 Å². The van der Waals surface area contributed by atoms with Crippen LogP contribution in [0.1, 0.15) is 25.6 Å². The molecule has 4 rings (SSSR count). The first-order valence-corrected chi connectivity index (χ1v) is 10.9. The second-order valence-corrected chi connectivity index (χ2v) is 8.23. The number of fused-ring (bicyclic) bond motifs is 1. The van der Waals surface area contributed by atoms with E-state index >= 15 is 0 Å². The highest BCUT2D eigenvalue weighted by Gasteiger charge is 2.32. The Bertz CT molecular complexity index is 650. The lowest BCUT2D eigenvalue weighted by Gasteiger charge is -2.38. The van der Waals surface area contributed by atoms with Crippen LogP contribution in [0.25, 0.3) is 0 Å². The smallest absolute Gasteiger partial charge is 0.205 e. The van der Waals surface area contributed by atoms with Gasteiger partial charge in [-0.05, 0) is 19.4 Å². The largest absolute Gasteiger partial charge is 0.373 e. The van der Waals surface area contributed by atoms with E-state index in [1.54, 1.807) is 0 Å². The van der Waals surface area contributed by atoms with Crippen LogP contribution in [0, 0.1) is 0 Å². The number of rotatable bonds is 4. The lowest BCUT2D eigenvalue weighted by Crippen LogP contribution is -2.55. The molecule has 0 aromatic carbocycles. The van der Waals surface area contributed by atoms with E-state index in [1.807, 2.05) is 7.05 Å². The minimum atomic E-state index is 0. The molecule has 0 spiro atoms. The number of nitrogens with one attached hydrogen (secondary N) is 1. The Morgan fingerprint density at radius 1 is 1.29 bits per heavy atom. The van der Waals surface area contributed by atoms with Gasteiger partial charge in [-0.15, -0.1) is 24.0 Å². The van der Waals surface area contributed by atoms with E-state index in [1.165, 1.54) is 30.9 Å². The van der Waals surface area contributed by atoms with Crippen LogP contribution >= 0.6 is 35.5 Å². The molecule has 3 aliphatic rings. The van der Waals surface area contributed by atoms with Crippen molar-refractivity contribution < 1.29 is 4.74 Å². The fourth-order valence-corrected chi connectivity index (χ4v) is 4.97. The molecule has 4 heterocycles. The summed E-state index contributed by atoms with van der Waals surface area (Å²) >= 11 is 1.51. The fourth-order valence-electron chi connectivity index (χ4n) is 4.17. The Morgan fingerprint density at radius 3 is 2.82 bits per heavy atom. The van der Waals surface area contributed by atoms with Gasteiger partial charge in [0.15, 0.2) is 5.96 Å². The minimum absolute atomic E-state index is 0. The molecule has 0 bridgehead atoms. The van der Waals surface area contributed by atoms with E-state index in [0.29, 0.717) is 6.04 Å². The lowest BCUT2D eigenvalue weighted by atomic mass is 10.2. The Labute approximate surface area is 188 Å². The molecule has 2 unspecified atom stereocenters. The van der Waals surface area contributed by atoms with Gasteiger partial charge in [0.05, 0.1) is 12.7 Å². The Kier molecular flexibility index (Phi) is 8.12. The quantitative estimate of drug-likeness (QED) is 0.364. The fraction of sp³-hybridized carbons (Fsp3) is 0.833. The van der Waals surface area contributed by atoms with Gasteiger partial charge < -0.3 is 19.9 Å². The van der Waals surface area contributed by atoms with Crippen LogP contribution < -0.4 is 10.2 Å². The molecular formula is C18H32IN7OS. The molecule has 28 heavy (non-hydrogen) atoms. The molecule has 1 aromatic heterocycles. The number of halogens is 1. The molecule has 3 saturated heterocycles.